The molecule has 1 fully saturated rings. The number of halogens is 1. The molecule has 2 aromatic heterocycles. The van der Waals surface area contributed by atoms with Crippen molar-refractivity contribution in [3.63, 3.8) is 0 Å². The van der Waals surface area contributed by atoms with E-state index in [1.807, 2.05) is 13.0 Å². The van der Waals surface area contributed by atoms with Gasteiger partial charge in [-0.25, -0.2) is 9.97 Å². The van der Waals surface area contributed by atoms with Gasteiger partial charge in [0.1, 0.15) is 6.54 Å². The van der Waals surface area contributed by atoms with Gasteiger partial charge in [-0.3, -0.25) is 19.6 Å². The number of benzene rings is 1. The number of amides is 2. The van der Waals surface area contributed by atoms with Crippen LogP contribution in [-0.4, -0.2) is 48.8 Å². The molecule has 0 unspecified atom stereocenters. The van der Waals surface area contributed by atoms with Gasteiger partial charge < -0.3 is 10.4 Å². The number of rotatable bonds is 7. The fourth-order valence-corrected chi connectivity index (χ4v) is 4.44. The highest BCUT2D eigenvalue weighted by Gasteiger charge is 2.29. The molecule has 0 saturated heterocycles. The first-order valence-corrected chi connectivity index (χ1v) is 12.1. The predicted molar refractivity (Wildman–Crippen MR) is 133 cm³/mol. The van der Waals surface area contributed by atoms with Gasteiger partial charge in [0.15, 0.2) is 0 Å². The number of carbonyl (C=O) groups excluding carboxylic acids is 2. The average Bonchev–Trinajstić information content (AvgIpc) is 3.06. The van der Waals surface area contributed by atoms with Crippen LogP contribution < -0.4 is 10.6 Å². The minimum atomic E-state index is -0.877. The molecule has 3 N–H and O–H groups in total. The molecule has 9 nitrogen and oxygen atoms in total. The van der Waals surface area contributed by atoms with Crippen LogP contribution in [0.1, 0.15) is 54.6 Å². The molecular formula is C25H29ClN6O3. The van der Waals surface area contributed by atoms with Crippen LogP contribution in [0.15, 0.2) is 42.7 Å². The third kappa shape index (κ3) is 6.43. The minimum Gasteiger partial charge on any atom is -0.388 e. The largest absolute Gasteiger partial charge is 0.388 e. The molecule has 1 aliphatic rings. The van der Waals surface area contributed by atoms with Crippen LogP contribution in [0.2, 0.25) is 5.02 Å². The van der Waals surface area contributed by atoms with Crippen LogP contribution in [0, 0.1) is 6.92 Å². The molecule has 35 heavy (non-hydrogen) atoms. The molecule has 0 aliphatic heterocycles. The second kappa shape index (κ2) is 11.0. The molecule has 2 heterocycles. The SMILES string of the molecule is Cc1cc(-c2ccc(Cl)c(C(=O)NCC3(O)CCCCCC3)c2)nn1CC(=O)Nc1ncccn1. The maximum absolute atomic E-state index is 12.9. The fraction of sp³-hybridized carbons (Fsp3) is 0.400. The summed E-state index contributed by atoms with van der Waals surface area (Å²) in [7, 11) is 0. The van der Waals surface area contributed by atoms with Crippen molar-refractivity contribution in [1.82, 2.24) is 25.1 Å². The molecule has 0 atom stereocenters. The Bertz CT molecular complexity index is 1190. The van der Waals surface area contributed by atoms with Gasteiger partial charge in [0.05, 0.1) is 21.9 Å². The Hall–Kier alpha value is -3.30. The molecule has 4 rings (SSSR count). The molecule has 0 radical (unpaired) electrons. The van der Waals surface area contributed by atoms with E-state index in [1.165, 1.54) is 0 Å². The van der Waals surface area contributed by atoms with Crippen LogP contribution in [0.4, 0.5) is 5.95 Å². The second-order valence-corrected chi connectivity index (χ2v) is 9.37. The first-order valence-electron chi connectivity index (χ1n) is 11.7. The van der Waals surface area contributed by atoms with Crippen molar-refractivity contribution in [2.75, 3.05) is 11.9 Å². The van der Waals surface area contributed by atoms with Crippen molar-refractivity contribution in [2.45, 2.75) is 57.6 Å². The van der Waals surface area contributed by atoms with Crippen LogP contribution in [0.5, 0.6) is 0 Å². The van der Waals surface area contributed by atoms with Crippen molar-refractivity contribution in [1.29, 1.82) is 0 Å². The van der Waals surface area contributed by atoms with E-state index >= 15 is 0 Å². The van der Waals surface area contributed by atoms with Crippen LogP contribution in [0.25, 0.3) is 11.3 Å². The number of hydrogen-bond donors (Lipinski definition) is 3. The number of aliphatic hydroxyl groups is 1. The van der Waals surface area contributed by atoms with Gasteiger partial charge in [0.2, 0.25) is 11.9 Å². The Morgan fingerprint density at radius 1 is 1.11 bits per heavy atom. The molecule has 1 saturated carbocycles. The van der Waals surface area contributed by atoms with Crippen molar-refractivity contribution in [3.05, 3.63) is 59.0 Å². The summed E-state index contributed by atoms with van der Waals surface area (Å²) >= 11 is 6.33. The Kier molecular flexibility index (Phi) is 7.77. The molecule has 1 aromatic carbocycles. The third-order valence-electron chi connectivity index (χ3n) is 6.21. The summed E-state index contributed by atoms with van der Waals surface area (Å²) in [5, 5.41) is 21.2. The summed E-state index contributed by atoms with van der Waals surface area (Å²) < 4.78 is 1.57. The van der Waals surface area contributed by atoms with E-state index in [2.05, 4.69) is 25.7 Å². The Labute approximate surface area is 208 Å². The number of aryl methyl sites for hydroxylation is 1. The highest BCUT2D eigenvalue weighted by molar-refractivity contribution is 6.34. The van der Waals surface area contributed by atoms with Gasteiger partial charge in [0, 0.05) is 30.2 Å². The molecule has 3 aromatic rings. The standard InChI is InChI=1S/C25H29ClN6O3/c1-17-13-21(31-32(17)15-22(33)30-24-27-11-6-12-28-24)18-7-8-20(26)19(14-18)23(34)29-16-25(35)9-4-2-3-5-10-25/h6-8,11-14,35H,2-5,9-10,15-16H2,1H3,(H,29,34)(H,27,28,30,33). The van der Waals surface area contributed by atoms with Crippen LogP contribution in [0.3, 0.4) is 0 Å². The van der Waals surface area contributed by atoms with Crippen molar-refractivity contribution < 1.29 is 14.7 Å². The number of aromatic nitrogens is 4. The van der Waals surface area contributed by atoms with Crippen molar-refractivity contribution in [3.8, 4) is 11.3 Å². The van der Waals surface area contributed by atoms with E-state index in [1.54, 1.807) is 41.3 Å². The first-order chi connectivity index (χ1) is 16.8. The molecular weight excluding hydrogens is 468 g/mol. The van der Waals surface area contributed by atoms with Gasteiger partial charge in [0.25, 0.3) is 5.91 Å². The summed E-state index contributed by atoms with van der Waals surface area (Å²) in [6.45, 7) is 2.03. The zero-order valence-electron chi connectivity index (χ0n) is 19.6. The lowest BCUT2D eigenvalue weighted by molar-refractivity contribution is -0.117. The zero-order chi connectivity index (χ0) is 24.8. The monoisotopic (exact) mass is 496 g/mol. The molecule has 1 aliphatic carbocycles. The highest BCUT2D eigenvalue weighted by Crippen LogP contribution is 2.28. The third-order valence-corrected chi connectivity index (χ3v) is 6.54. The summed E-state index contributed by atoms with van der Waals surface area (Å²) in [6.07, 6.45) is 8.59. The molecule has 10 heteroatoms. The van der Waals surface area contributed by atoms with E-state index in [-0.39, 0.29) is 30.9 Å². The van der Waals surface area contributed by atoms with E-state index in [0.717, 1.165) is 31.4 Å². The quantitative estimate of drug-likeness (QED) is 0.428. The average molecular weight is 497 g/mol. The Balaban J connectivity index is 1.45. The highest BCUT2D eigenvalue weighted by atomic mass is 35.5. The Morgan fingerprint density at radius 3 is 2.54 bits per heavy atom. The second-order valence-electron chi connectivity index (χ2n) is 8.97. The van der Waals surface area contributed by atoms with E-state index < -0.39 is 5.60 Å². The first kappa shape index (κ1) is 24.8. The fourth-order valence-electron chi connectivity index (χ4n) is 4.24. The minimum absolute atomic E-state index is 0.0103. The molecule has 0 spiro atoms. The topological polar surface area (TPSA) is 122 Å². The summed E-state index contributed by atoms with van der Waals surface area (Å²) in [5.41, 5.74) is 1.52. The van der Waals surface area contributed by atoms with E-state index in [9.17, 15) is 14.7 Å². The van der Waals surface area contributed by atoms with Crippen LogP contribution in [-0.2, 0) is 11.3 Å². The van der Waals surface area contributed by atoms with E-state index in [0.29, 0.717) is 34.7 Å². The van der Waals surface area contributed by atoms with Gasteiger partial charge in [-0.05, 0) is 44.0 Å². The van der Waals surface area contributed by atoms with Crippen LogP contribution >= 0.6 is 11.6 Å². The number of hydrogen-bond acceptors (Lipinski definition) is 6. The number of carbonyl (C=O) groups is 2. The lowest BCUT2D eigenvalue weighted by Crippen LogP contribution is -2.42. The van der Waals surface area contributed by atoms with Crippen molar-refractivity contribution in [2.24, 2.45) is 0 Å². The van der Waals surface area contributed by atoms with Gasteiger partial charge >= 0.3 is 0 Å². The smallest absolute Gasteiger partial charge is 0.252 e. The normalized spacial score (nSPS) is 15.3. The maximum Gasteiger partial charge on any atom is 0.252 e. The lowest BCUT2D eigenvalue weighted by atomic mass is 9.94. The molecule has 184 valence electrons. The van der Waals surface area contributed by atoms with Gasteiger partial charge in [-0.2, -0.15) is 5.10 Å². The summed E-state index contributed by atoms with van der Waals surface area (Å²) in [4.78, 5) is 33.3. The summed E-state index contributed by atoms with van der Waals surface area (Å²) in [6, 6.07) is 8.62. The number of nitrogens with one attached hydrogen (secondary N) is 2. The predicted octanol–water partition coefficient (Wildman–Crippen LogP) is 3.76. The van der Waals surface area contributed by atoms with Gasteiger partial charge in [-0.15, -0.1) is 0 Å². The Morgan fingerprint density at radius 2 is 1.83 bits per heavy atom. The maximum atomic E-state index is 12.9. The number of nitrogens with zero attached hydrogens (tertiary/aromatic N) is 4. The number of anilines is 1. The van der Waals surface area contributed by atoms with E-state index in [4.69, 9.17) is 11.6 Å². The molecule has 2 amide bonds. The van der Waals surface area contributed by atoms with Gasteiger partial charge in [-0.1, -0.05) is 43.4 Å². The zero-order valence-corrected chi connectivity index (χ0v) is 20.4. The lowest BCUT2D eigenvalue weighted by Gasteiger charge is -2.26. The molecule has 0 bridgehead atoms. The summed E-state index contributed by atoms with van der Waals surface area (Å²) in [5.74, 6) is -0.418. The van der Waals surface area contributed by atoms with Crippen molar-refractivity contribution >= 4 is 29.4 Å².